The molecule has 0 fully saturated rings. The molecule has 76 valence electrons. The molecule has 15 heavy (non-hydrogen) atoms. The Morgan fingerprint density at radius 3 is 2.67 bits per heavy atom. The largest absolute Gasteiger partial charge is 0.430 e. The van der Waals surface area contributed by atoms with E-state index in [1.54, 1.807) is 31.2 Å². The lowest BCUT2D eigenvalue weighted by molar-refractivity contribution is -0.125. The fourth-order valence-corrected chi connectivity index (χ4v) is 1.45. The zero-order valence-electron chi connectivity index (χ0n) is 8.02. The number of allylic oxidation sites excluding steroid dienone is 1. The molecule has 0 bridgehead atoms. The van der Waals surface area contributed by atoms with Gasteiger partial charge in [-0.25, -0.2) is 4.79 Å². The minimum Gasteiger partial charge on any atom is -0.430 e. The molecule has 1 aliphatic heterocycles. The molecule has 0 unspecified atom stereocenters. The van der Waals surface area contributed by atoms with Gasteiger partial charge in [0.1, 0.15) is 5.76 Å². The summed E-state index contributed by atoms with van der Waals surface area (Å²) in [6.07, 6.45) is 0. The third-order valence-corrected chi connectivity index (χ3v) is 2.13. The fraction of sp³-hybridized carbons (Fsp3) is 0.0909. The van der Waals surface area contributed by atoms with Gasteiger partial charge in [-0.2, -0.15) is 0 Å². The predicted molar refractivity (Wildman–Crippen MR) is 51.6 cm³/mol. The molecule has 1 aromatic carbocycles. The van der Waals surface area contributed by atoms with Gasteiger partial charge < -0.3 is 9.47 Å². The summed E-state index contributed by atoms with van der Waals surface area (Å²) in [6.45, 7) is 1.87. The maximum Gasteiger partial charge on any atom is 0.344 e. The number of benzene rings is 1. The Hall–Kier alpha value is -2.10. The van der Waals surface area contributed by atoms with Crippen molar-refractivity contribution in [3.63, 3.8) is 0 Å². The molecule has 0 saturated heterocycles. The molecule has 0 N–H and O–H groups in total. The highest BCUT2D eigenvalue weighted by molar-refractivity contribution is 6.03. The van der Waals surface area contributed by atoms with Gasteiger partial charge in [0.25, 0.3) is 6.47 Å². The van der Waals surface area contributed by atoms with Gasteiger partial charge in [-0.1, -0.05) is 18.2 Å². The van der Waals surface area contributed by atoms with Crippen molar-refractivity contribution >= 4 is 18.2 Å². The Balaban J connectivity index is 2.53. The number of cyclic esters (lactones) is 1. The van der Waals surface area contributed by atoms with Crippen LogP contribution < -0.4 is 0 Å². The summed E-state index contributed by atoms with van der Waals surface area (Å²) in [5.74, 6) is 0.167. The van der Waals surface area contributed by atoms with E-state index in [1.165, 1.54) is 0 Å². The molecule has 0 aliphatic carbocycles. The van der Waals surface area contributed by atoms with Crippen LogP contribution in [-0.4, -0.2) is 12.4 Å². The van der Waals surface area contributed by atoms with E-state index in [-0.39, 0.29) is 5.76 Å². The minimum absolute atomic E-state index is 0.281. The van der Waals surface area contributed by atoms with Gasteiger partial charge in [-0.05, 0) is 13.0 Å². The molecule has 0 saturated carbocycles. The van der Waals surface area contributed by atoms with Crippen LogP contribution in [0.3, 0.4) is 0 Å². The predicted octanol–water partition coefficient (Wildman–Crippen LogP) is 1.72. The third-order valence-electron chi connectivity index (χ3n) is 2.13. The number of hydrogen-bond acceptors (Lipinski definition) is 4. The summed E-state index contributed by atoms with van der Waals surface area (Å²) >= 11 is 0. The van der Waals surface area contributed by atoms with Gasteiger partial charge in [0.2, 0.25) is 0 Å². The molecule has 0 atom stereocenters. The fourth-order valence-electron chi connectivity index (χ4n) is 1.45. The number of carbonyl (C=O) groups excluding carboxylic acids is 2. The molecule has 0 aromatic heterocycles. The maximum atomic E-state index is 11.4. The number of carbonyl (C=O) groups is 2. The molecule has 2 rings (SSSR count). The van der Waals surface area contributed by atoms with Gasteiger partial charge in [0, 0.05) is 5.56 Å². The molecular formula is C11H8O4. The lowest BCUT2D eigenvalue weighted by Crippen LogP contribution is -1.94. The van der Waals surface area contributed by atoms with Crippen molar-refractivity contribution in [2.45, 2.75) is 6.92 Å². The van der Waals surface area contributed by atoms with Crippen LogP contribution >= 0.6 is 0 Å². The van der Waals surface area contributed by atoms with Crippen molar-refractivity contribution in [2.75, 3.05) is 0 Å². The minimum atomic E-state index is -0.422. The van der Waals surface area contributed by atoms with Crippen LogP contribution in [0.1, 0.15) is 22.8 Å². The van der Waals surface area contributed by atoms with Crippen molar-refractivity contribution in [1.82, 2.24) is 0 Å². The summed E-state index contributed by atoms with van der Waals surface area (Å²) in [6, 6.07) is 6.94. The molecule has 4 heteroatoms. The highest BCUT2D eigenvalue weighted by Crippen LogP contribution is 2.31. The van der Waals surface area contributed by atoms with Crippen molar-refractivity contribution in [2.24, 2.45) is 0 Å². The zero-order chi connectivity index (χ0) is 10.8. The van der Waals surface area contributed by atoms with E-state index >= 15 is 0 Å². The van der Waals surface area contributed by atoms with Gasteiger partial charge >= 0.3 is 5.97 Å². The van der Waals surface area contributed by atoms with Crippen molar-refractivity contribution in [1.29, 1.82) is 0 Å². The van der Waals surface area contributed by atoms with Crippen LogP contribution in [0, 0.1) is 0 Å². The standard InChI is InChI=1S/C11H8O4/c1-7(14-6-12)10-8-4-2-3-5-9(8)11(13)15-10/h2-6H,1H3. The number of esters is 1. The number of fused-ring (bicyclic) bond motifs is 1. The van der Waals surface area contributed by atoms with Crippen LogP contribution in [-0.2, 0) is 14.3 Å². The van der Waals surface area contributed by atoms with Gasteiger partial charge in [-0.3, -0.25) is 4.79 Å². The monoisotopic (exact) mass is 204 g/mol. The first-order valence-corrected chi connectivity index (χ1v) is 4.37. The second-order valence-corrected chi connectivity index (χ2v) is 3.03. The lowest BCUT2D eigenvalue weighted by atomic mass is 10.1. The SMILES string of the molecule is CC(OC=O)=C1OC(=O)c2ccccc21. The van der Waals surface area contributed by atoms with Crippen molar-refractivity contribution in [3.05, 3.63) is 41.2 Å². The molecule has 0 spiro atoms. The number of hydrogen-bond donors (Lipinski definition) is 0. The van der Waals surface area contributed by atoms with E-state index in [2.05, 4.69) is 4.74 Å². The second kappa shape index (κ2) is 3.57. The van der Waals surface area contributed by atoms with E-state index in [1.807, 2.05) is 0 Å². The average molecular weight is 204 g/mol. The lowest BCUT2D eigenvalue weighted by Gasteiger charge is -2.02. The van der Waals surface area contributed by atoms with Gasteiger partial charge in [0.05, 0.1) is 5.56 Å². The average Bonchev–Trinajstić information content (AvgIpc) is 2.58. The van der Waals surface area contributed by atoms with Crippen LogP contribution in [0.4, 0.5) is 0 Å². The topological polar surface area (TPSA) is 52.6 Å². The summed E-state index contributed by atoms with van der Waals surface area (Å²) in [4.78, 5) is 21.6. The Labute approximate surface area is 86.1 Å². The Kier molecular flexibility index (Phi) is 2.25. The van der Waals surface area contributed by atoms with Gasteiger partial charge in [0.15, 0.2) is 5.76 Å². The molecule has 4 nitrogen and oxygen atoms in total. The molecule has 1 aliphatic rings. The quantitative estimate of drug-likeness (QED) is 0.418. The third kappa shape index (κ3) is 1.50. The van der Waals surface area contributed by atoms with E-state index in [0.29, 0.717) is 23.4 Å². The zero-order valence-corrected chi connectivity index (χ0v) is 8.02. The first kappa shape index (κ1) is 9.45. The summed E-state index contributed by atoms with van der Waals surface area (Å²) < 4.78 is 9.66. The molecule has 0 amide bonds. The van der Waals surface area contributed by atoms with Crippen molar-refractivity contribution < 1.29 is 19.1 Å². The second-order valence-electron chi connectivity index (χ2n) is 3.03. The number of ether oxygens (including phenoxy) is 2. The first-order valence-electron chi connectivity index (χ1n) is 4.37. The van der Waals surface area contributed by atoms with Crippen LogP contribution in [0.5, 0.6) is 0 Å². The number of rotatable bonds is 2. The summed E-state index contributed by atoms with van der Waals surface area (Å²) in [7, 11) is 0. The summed E-state index contributed by atoms with van der Waals surface area (Å²) in [5.41, 5.74) is 1.14. The molecule has 1 heterocycles. The van der Waals surface area contributed by atoms with Crippen molar-refractivity contribution in [3.8, 4) is 0 Å². The van der Waals surface area contributed by atoms with Crippen LogP contribution in [0.2, 0.25) is 0 Å². The molecular weight excluding hydrogens is 196 g/mol. The Morgan fingerprint density at radius 1 is 1.33 bits per heavy atom. The molecule has 1 aromatic rings. The summed E-state index contributed by atoms with van der Waals surface area (Å²) in [5, 5.41) is 0. The normalized spacial score (nSPS) is 16.7. The van der Waals surface area contributed by atoms with E-state index in [4.69, 9.17) is 4.74 Å². The highest BCUT2D eigenvalue weighted by Gasteiger charge is 2.28. The maximum absolute atomic E-state index is 11.4. The smallest absolute Gasteiger partial charge is 0.344 e. The molecule has 0 radical (unpaired) electrons. The van der Waals surface area contributed by atoms with Gasteiger partial charge in [-0.15, -0.1) is 0 Å². The first-order chi connectivity index (χ1) is 7.24. The van der Waals surface area contributed by atoms with Crippen LogP contribution in [0.15, 0.2) is 30.0 Å². The highest BCUT2D eigenvalue weighted by atomic mass is 16.6. The van der Waals surface area contributed by atoms with E-state index in [9.17, 15) is 9.59 Å². The van der Waals surface area contributed by atoms with Crippen LogP contribution in [0.25, 0.3) is 5.76 Å². The van der Waals surface area contributed by atoms with E-state index < -0.39 is 5.97 Å². The Morgan fingerprint density at radius 2 is 2.00 bits per heavy atom. The Bertz CT molecular complexity index is 459. The van der Waals surface area contributed by atoms with E-state index in [0.717, 1.165) is 0 Å².